The predicted molar refractivity (Wildman–Crippen MR) is 82.8 cm³/mol. The lowest BCUT2D eigenvalue weighted by molar-refractivity contribution is -0.153. The van der Waals surface area contributed by atoms with Crippen LogP contribution in [0.4, 0.5) is 0 Å². The number of nitrogens with zero attached hydrogens (tertiary/aromatic N) is 1. The van der Waals surface area contributed by atoms with Crippen LogP contribution in [0.5, 0.6) is 0 Å². The van der Waals surface area contributed by atoms with E-state index in [2.05, 4.69) is 19.2 Å². The van der Waals surface area contributed by atoms with Crippen LogP contribution in [0.15, 0.2) is 0 Å². The number of hydrogen-bond donors (Lipinski definition) is 1. The van der Waals surface area contributed by atoms with E-state index in [1.54, 1.807) is 12.0 Å². The lowest BCUT2D eigenvalue weighted by Crippen LogP contribution is -2.66. The first-order chi connectivity index (χ1) is 9.81. The highest BCUT2D eigenvalue weighted by Crippen LogP contribution is 2.22. The van der Waals surface area contributed by atoms with E-state index in [4.69, 9.17) is 4.74 Å². The summed E-state index contributed by atoms with van der Waals surface area (Å²) >= 11 is 0. The molecule has 0 aromatic rings. The zero-order chi connectivity index (χ0) is 16.2. The Morgan fingerprint density at radius 1 is 1.24 bits per heavy atom. The zero-order valence-electron chi connectivity index (χ0n) is 14.2. The number of hydrogen-bond acceptors (Lipinski definition) is 3. The normalized spacial score (nSPS) is 26.0. The summed E-state index contributed by atoms with van der Waals surface area (Å²) in [6.07, 6.45) is 1.47. The number of methoxy groups -OCH3 is 1. The fraction of sp³-hybridized carbons (Fsp3) is 0.875. The highest BCUT2D eigenvalue weighted by atomic mass is 16.5. The van der Waals surface area contributed by atoms with Gasteiger partial charge < -0.3 is 15.0 Å². The molecule has 2 amide bonds. The van der Waals surface area contributed by atoms with Gasteiger partial charge in [0.05, 0.1) is 6.10 Å². The average molecular weight is 298 g/mol. The number of rotatable bonds is 7. The number of carbonyl (C=O) groups is 2. The Kier molecular flexibility index (Phi) is 6.65. The fourth-order valence-electron chi connectivity index (χ4n) is 2.66. The van der Waals surface area contributed by atoms with Gasteiger partial charge in [-0.25, -0.2) is 0 Å². The van der Waals surface area contributed by atoms with Crippen molar-refractivity contribution in [1.82, 2.24) is 10.2 Å². The molecule has 1 fully saturated rings. The van der Waals surface area contributed by atoms with Gasteiger partial charge in [-0.15, -0.1) is 0 Å². The van der Waals surface area contributed by atoms with E-state index in [-0.39, 0.29) is 29.9 Å². The molecule has 0 saturated carbocycles. The van der Waals surface area contributed by atoms with Gasteiger partial charge in [-0.2, -0.15) is 0 Å². The summed E-state index contributed by atoms with van der Waals surface area (Å²) < 4.78 is 5.29. The summed E-state index contributed by atoms with van der Waals surface area (Å²) in [5.41, 5.74) is 0. The summed E-state index contributed by atoms with van der Waals surface area (Å²) in [5.74, 6) is 0.492. The number of ether oxygens (including phenoxy) is 1. The van der Waals surface area contributed by atoms with Crippen LogP contribution in [0, 0.1) is 11.8 Å². The first-order valence-electron chi connectivity index (χ1n) is 7.95. The van der Waals surface area contributed by atoms with Crippen LogP contribution < -0.4 is 5.32 Å². The van der Waals surface area contributed by atoms with E-state index in [0.717, 1.165) is 6.42 Å². The van der Waals surface area contributed by atoms with Crippen LogP contribution in [-0.4, -0.2) is 48.6 Å². The second-order valence-corrected chi connectivity index (χ2v) is 6.55. The number of amides is 2. The lowest BCUT2D eigenvalue weighted by Gasteiger charge is -2.42. The molecule has 5 nitrogen and oxygen atoms in total. The molecule has 0 aromatic heterocycles. The van der Waals surface area contributed by atoms with Crippen LogP contribution in [0.25, 0.3) is 0 Å². The van der Waals surface area contributed by atoms with Gasteiger partial charge in [0.15, 0.2) is 0 Å². The molecule has 1 saturated heterocycles. The molecule has 0 bridgehead atoms. The van der Waals surface area contributed by atoms with Gasteiger partial charge in [-0.1, -0.05) is 34.1 Å². The van der Waals surface area contributed by atoms with E-state index in [1.807, 2.05) is 20.8 Å². The maximum absolute atomic E-state index is 12.8. The van der Waals surface area contributed by atoms with Crippen LogP contribution in [0.1, 0.15) is 47.5 Å². The van der Waals surface area contributed by atoms with Gasteiger partial charge in [-0.3, -0.25) is 9.59 Å². The minimum absolute atomic E-state index is 0.0264. The number of carbonyl (C=O) groups excluding carboxylic acids is 2. The minimum Gasteiger partial charge on any atom is -0.380 e. The molecule has 1 heterocycles. The quantitative estimate of drug-likeness (QED) is 0.780. The van der Waals surface area contributed by atoms with Crippen molar-refractivity contribution in [3.8, 4) is 0 Å². The molecule has 21 heavy (non-hydrogen) atoms. The predicted octanol–water partition coefficient (Wildman–Crippen LogP) is 1.81. The Morgan fingerprint density at radius 3 is 2.33 bits per heavy atom. The Bertz CT molecular complexity index is 371. The molecular formula is C16H30N2O3. The molecule has 0 aliphatic carbocycles. The summed E-state index contributed by atoms with van der Waals surface area (Å²) in [7, 11) is 1.63. The summed E-state index contributed by atoms with van der Waals surface area (Å²) in [6, 6.07) is -0.787. The van der Waals surface area contributed by atoms with Crippen molar-refractivity contribution in [1.29, 1.82) is 0 Å². The first-order valence-corrected chi connectivity index (χ1v) is 7.95. The third kappa shape index (κ3) is 4.43. The highest BCUT2D eigenvalue weighted by Gasteiger charge is 2.42. The third-order valence-corrected chi connectivity index (χ3v) is 4.29. The monoisotopic (exact) mass is 298 g/mol. The van der Waals surface area contributed by atoms with Crippen molar-refractivity contribution in [3.63, 3.8) is 0 Å². The summed E-state index contributed by atoms with van der Waals surface area (Å²) in [6.45, 7) is 10.6. The molecular weight excluding hydrogens is 268 g/mol. The van der Waals surface area contributed by atoms with Gasteiger partial charge in [-0.05, 0) is 25.2 Å². The van der Waals surface area contributed by atoms with E-state index >= 15 is 0 Å². The van der Waals surface area contributed by atoms with E-state index < -0.39 is 6.04 Å². The molecule has 5 heteroatoms. The van der Waals surface area contributed by atoms with Crippen molar-refractivity contribution in [2.24, 2.45) is 11.8 Å². The molecule has 4 atom stereocenters. The Balaban J connectivity index is 2.98. The molecule has 1 rings (SSSR count). The smallest absolute Gasteiger partial charge is 0.246 e. The highest BCUT2D eigenvalue weighted by molar-refractivity contribution is 5.97. The minimum atomic E-state index is -0.407. The third-order valence-electron chi connectivity index (χ3n) is 4.29. The zero-order valence-corrected chi connectivity index (χ0v) is 14.2. The first kappa shape index (κ1) is 18.0. The molecule has 1 aliphatic rings. The second-order valence-electron chi connectivity index (χ2n) is 6.55. The van der Waals surface area contributed by atoms with Gasteiger partial charge in [0.1, 0.15) is 12.1 Å². The maximum atomic E-state index is 12.8. The van der Waals surface area contributed by atoms with Crippen molar-refractivity contribution in [3.05, 3.63) is 0 Å². The molecule has 4 unspecified atom stereocenters. The maximum Gasteiger partial charge on any atom is 0.246 e. The topological polar surface area (TPSA) is 58.6 Å². The molecule has 0 aromatic carbocycles. The largest absolute Gasteiger partial charge is 0.380 e. The van der Waals surface area contributed by atoms with Crippen LogP contribution in [0.3, 0.4) is 0 Å². The molecule has 0 radical (unpaired) electrons. The Morgan fingerprint density at radius 2 is 1.86 bits per heavy atom. The molecule has 1 aliphatic heterocycles. The summed E-state index contributed by atoms with van der Waals surface area (Å²) in [5, 5.41) is 2.92. The molecule has 1 N–H and O–H groups in total. The number of nitrogens with one attached hydrogen (secondary N) is 1. The average Bonchev–Trinajstić information content (AvgIpc) is 2.44. The Labute approximate surface area is 128 Å². The number of piperazine rings is 1. The van der Waals surface area contributed by atoms with Gasteiger partial charge >= 0.3 is 0 Å². The van der Waals surface area contributed by atoms with Crippen molar-refractivity contribution >= 4 is 11.8 Å². The van der Waals surface area contributed by atoms with E-state index in [1.165, 1.54) is 0 Å². The second kappa shape index (κ2) is 7.78. The van der Waals surface area contributed by atoms with Gasteiger partial charge in [0, 0.05) is 13.7 Å². The van der Waals surface area contributed by atoms with Gasteiger partial charge in [0.25, 0.3) is 0 Å². The van der Waals surface area contributed by atoms with Gasteiger partial charge in [0.2, 0.25) is 11.8 Å². The molecule has 0 spiro atoms. The molecule has 122 valence electrons. The van der Waals surface area contributed by atoms with Crippen LogP contribution in [0.2, 0.25) is 0 Å². The summed E-state index contributed by atoms with van der Waals surface area (Å²) in [4.78, 5) is 26.9. The van der Waals surface area contributed by atoms with Crippen LogP contribution >= 0.6 is 0 Å². The SMILES string of the molecule is CCC(C)C1NC(=O)C(CC(C)C)N(CC(C)OC)C1=O. The van der Waals surface area contributed by atoms with Crippen molar-refractivity contribution in [2.45, 2.75) is 65.6 Å². The lowest BCUT2D eigenvalue weighted by atomic mass is 9.91. The Hall–Kier alpha value is -1.10. The van der Waals surface area contributed by atoms with Crippen LogP contribution in [-0.2, 0) is 14.3 Å². The van der Waals surface area contributed by atoms with E-state index in [0.29, 0.717) is 18.9 Å². The van der Waals surface area contributed by atoms with E-state index in [9.17, 15) is 9.59 Å². The fourth-order valence-corrected chi connectivity index (χ4v) is 2.66. The van der Waals surface area contributed by atoms with Crippen molar-refractivity contribution in [2.75, 3.05) is 13.7 Å². The van der Waals surface area contributed by atoms with Crippen molar-refractivity contribution < 1.29 is 14.3 Å². The standard InChI is InChI=1S/C16H30N2O3/c1-7-11(4)14-16(20)18(9-12(5)21-6)13(8-10(2)3)15(19)17-14/h10-14H,7-9H2,1-6H3,(H,17,19).